The summed E-state index contributed by atoms with van der Waals surface area (Å²) in [6, 6.07) is 4.14. The van der Waals surface area contributed by atoms with E-state index in [9.17, 15) is 14.9 Å². The van der Waals surface area contributed by atoms with Crippen LogP contribution in [0.25, 0.3) is 0 Å². The summed E-state index contributed by atoms with van der Waals surface area (Å²) in [6.07, 6.45) is 0. The van der Waals surface area contributed by atoms with E-state index in [0.717, 1.165) is 0 Å². The molecular formula is C12H18ClN3O3. The number of amides is 1. The maximum Gasteiger partial charge on any atom is 0.269 e. The molecule has 0 heterocycles. The number of nitrogens with one attached hydrogen (secondary N) is 1. The number of hydrogen-bond acceptors (Lipinski definition) is 4. The predicted molar refractivity (Wildman–Crippen MR) is 75.7 cm³/mol. The van der Waals surface area contributed by atoms with Gasteiger partial charge in [0, 0.05) is 29.8 Å². The van der Waals surface area contributed by atoms with Crippen molar-refractivity contribution in [1.82, 2.24) is 5.32 Å². The fourth-order valence-electron chi connectivity index (χ4n) is 1.42. The van der Waals surface area contributed by atoms with Crippen LogP contribution in [-0.2, 0) is 0 Å². The minimum atomic E-state index is -0.496. The highest BCUT2D eigenvalue weighted by Crippen LogP contribution is 2.17. The Labute approximate surface area is 117 Å². The zero-order valence-electron chi connectivity index (χ0n) is 11.1. The number of non-ortho nitro benzene ring substituents is 1. The summed E-state index contributed by atoms with van der Waals surface area (Å²) >= 11 is 0. The lowest BCUT2D eigenvalue weighted by atomic mass is 10.1. The standard InChI is InChI=1S/C12H17N3O3.ClH/c1-8-6-9(15(17)18)4-5-10(8)11(16)14-7-12(2,3)13;/h4-6H,7,13H2,1-3H3,(H,14,16);1H. The number of hydrogen-bond donors (Lipinski definition) is 2. The Bertz CT molecular complexity index is 484. The Morgan fingerprint density at radius 2 is 2.05 bits per heavy atom. The van der Waals surface area contributed by atoms with Crippen molar-refractivity contribution in [1.29, 1.82) is 0 Å². The number of rotatable bonds is 4. The van der Waals surface area contributed by atoms with Gasteiger partial charge in [-0.25, -0.2) is 0 Å². The van der Waals surface area contributed by atoms with Crippen LogP contribution in [0.15, 0.2) is 18.2 Å². The number of nitro groups is 1. The maximum absolute atomic E-state index is 11.9. The highest BCUT2D eigenvalue weighted by atomic mass is 35.5. The molecule has 19 heavy (non-hydrogen) atoms. The molecule has 0 aliphatic rings. The molecule has 1 aromatic carbocycles. The number of aryl methyl sites for hydroxylation is 1. The van der Waals surface area contributed by atoms with Gasteiger partial charge < -0.3 is 11.1 Å². The molecule has 1 amide bonds. The van der Waals surface area contributed by atoms with Crippen LogP contribution in [-0.4, -0.2) is 22.9 Å². The number of carbonyl (C=O) groups is 1. The van der Waals surface area contributed by atoms with E-state index in [1.54, 1.807) is 20.8 Å². The van der Waals surface area contributed by atoms with Crippen molar-refractivity contribution in [3.8, 4) is 0 Å². The van der Waals surface area contributed by atoms with Gasteiger partial charge in [0.25, 0.3) is 11.6 Å². The molecule has 0 bridgehead atoms. The van der Waals surface area contributed by atoms with Crippen molar-refractivity contribution in [2.45, 2.75) is 26.3 Å². The van der Waals surface area contributed by atoms with E-state index in [1.807, 2.05) is 0 Å². The molecular weight excluding hydrogens is 270 g/mol. The molecule has 1 aromatic rings. The maximum atomic E-state index is 11.9. The van der Waals surface area contributed by atoms with Gasteiger partial charge in [-0.3, -0.25) is 14.9 Å². The summed E-state index contributed by atoms with van der Waals surface area (Å²) in [5.74, 6) is -0.277. The van der Waals surface area contributed by atoms with Crippen molar-refractivity contribution >= 4 is 24.0 Å². The molecule has 1 rings (SSSR count). The fourth-order valence-corrected chi connectivity index (χ4v) is 1.42. The third-order valence-corrected chi connectivity index (χ3v) is 2.37. The van der Waals surface area contributed by atoms with E-state index in [1.165, 1.54) is 18.2 Å². The van der Waals surface area contributed by atoms with Gasteiger partial charge in [0.15, 0.2) is 0 Å². The molecule has 106 valence electrons. The first kappa shape index (κ1) is 17.3. The summed E-state index contributed by atoms with van der Waals surface area (Å²) in [5.41, 5.74) is 6.23. The molecule has 0 aromatic heterocycles. The van der Waals surface area contributed by atoms with Gasteiger partial charge in [-0.05, 0) is 32.4 Å². The van der Waals surface area contributed by atoms with Crippen molar-refractivity contribution < 1.29 is 9.72 Å². The second kappa shape index (κ2) is 6.49. The zero-order chi connectivity index (χ0) is 13.9. The van der Waals surface area contributed by atoms with Gasteiger partial charge in [-0.1, -0.05) is 0 Å². The van der Waals surface area contributed by atoms with E-state index in [0.29, 0.717) is 17.7 Å². The quantitative estimate of drug-likeness (QED) is 0.651. The largest absolute Gasteiger partial charge is 0.350 e. The average molecular weight is 288 g/mol. The number of nitro benzene ring substituents is 1. The lowest BCUT2D eigenvalue weighted by molar-refractivity contribution is -0.384. The Morgan fingerprint density at radius 3 is 2.47 bits per heavy atom. The summed E-state index contributed by atoms with van der Waals surface area (Å²) < 4.78 is 0. The Morgan fingerprint density at radius 1 is 1.47 bits per heavy atom. The van der Waals surface area contributed by atoms with Gasteiger partial charge in [0.2, 0.25) is 0 Å². The topological polar surface area (TPSA) is 98.3 Å². The van der Waals surface area contributed by atoms with Crippen LogP contribution >= 0.6 is 12.4 Å². The molecule has 0 saturated heterocycles. The predicted octanol–water partition coefficient (Wildman–Crippen LogP) is 1.79. The Hall–Kier alpha value is -1.66. The van der Waals surface area contributed by atoms with Crippen LogP contribution in [0, 0.1) is 17.0 Å². The number of nitrogens with zero attached hydrogens (tertiary/aromatic N) is 1. The van der Waals surface area contributed by atoms with Crippen LogP contribution < -0.4 is 11.1 Å². The normalized spacial score (nSPS) is 10.5. The van der Waals surface area contributed by atoms with E-state index in [4.69, 9.17) is 5.73 Å². The van der Waals surface area contributed by atoms with Crippen molar-refractivity contribution in [2.75, 3.05) is 6.54 Å². The van der Waals surface area contributed by atoms with E-state index in [-0.39, 0.29) is 24.0 Å². The fraction of sp³-hybridized carbons (Fsp3) is 0.417. The third kappa shape index (κ3) is 5.23. The SMILES string of the molecule is Cc1cc([N+](=O)[O-])ccc1C(=O)NCC(C)(C)N.Cl. The van der Waals surface area contributed by atoms with E-state index in [2.05, 4.69) is 5.32 Å². The van der Waals surface area contributed by atoms with Gasteiger partial charge >= 0.3 is 0 Å². The molecule has 0 saturated carbocycles. The molecule has 7 heteroatoms. The van der Waals surface area contributed by atoms with Crippen LogP contribution in [0.1, 0.15) is 29.8 Å². The first-order valence-corrected chi connectivity index (χ1v) is 5.53. The number of carbonyl (C=O) groups excluding carboxylic acids is 1. The Kier molecular flexibility index (Phi) is 5.92. The Balaban J connectivity index is 0.00000324. The second-order valence-electron chi connectivity index (χ2n) is 4.93. The molecule has 3 N–H and O–H groups in total. The molecule has 6 nitrogen and oxygen atoms in total. The molecule has 0 radical (unpaired) electrons. The van der Waals surface area contributed by atoms with Crippen LogP contribution in [0.5, 0.6) is 0 Å². The first-order valence-electron chi connectivity index (χ1n) is 5.53. The van der Waals surface area contributed by atoms with Crippen molar-refractivity contribution in [3.63, 3.8) is 0 Å². The second-order valence-corrected chi connectivity index (χ2v) is 4.93. The van der Waals surface area contributed by atoms with Gasteiger partial charge in [0.05, 0.1) is 4.92 Å². The molecule has 0 aliphatic heterocycles. The highest BCUT2D eigenvalue weighted by Gasteiger charge is 2.16. The van der Waals surface area contributed by atoms with Crippen LogP contribution in [0.2, 0.25) is 0 Å². The van der Waals surface area contributed by atoms with E-state index < -0.39 is 10.5 Å². The third-order valence-electron chi connectivity index (χ3n) is 2.37. The monoisotopic (exact) mass is 287 g/mol. The molecule has 0 spiro atoms. The van der Waals surface area contributed by atoms with Crippen LogP contribution in [0.4, 0.5) is 5.69 Å². The minimum absolute atomic E-state index is 0. The smallest absolute Gasteiger partial charge is 0.269 e. The van der Waals surface area contributed by atoms with Gasteiger partial charge in [-0.15, -0.1) is 12.4 Å². The zero-order valence-corrected chi connectivity index (χ0v) is 11.9. The number of benzene rings is 1. The van der Waals surface area contributed by atoms with Crippen LogP contribution in [0.3, 0.4) is 0 Å². The molecule has 0 aliphatic carbocycles. The molecule has 0 atom stereocenters. The minimum Gasteiger partial charge on any atom is -0.350 e. The number of halogens is 1. The summed E-state index contributed by atoms with van der Waals surface area (Å²) in [4.78, 5) is 21.9. The number of nitrogens with two attached hydrogens (primary N) is 1. The van der Waals surface area contributed by atoms with Gasteiger partial charge in [0.1, 0.15) is 0 Å². The molecule has 0 fully saturated rings. The van der Waals surface area contributed by atoms with Crippen molar-refractivity contribution in [2.24, 2.45) is 5.73 Å². The van der Waals surface area contributed by atoms with E-state index >= 15 is 0 Å². The first-order chi connectivity index (χ1) is 8.20. The summed E-state index contributed by atoms with van der Waals surface area (Å²) in [6.45, 7) is 5.60. The highest BCUT2D eigenvalue weighted by molar-refractivity contribution is 5.95. The average Bonchev–Trinajstić information content (AvgIpc) is 2.24. The van der Waals surface area contributed by atoms with Crippen molar-refractivity contribution in [3.05, 3.63) is 39.4 Å². The van der Waals surface area contributed by atoms with Gasteiger partial charge in [-0.2, -0.15) is 0 Å². The summed E-state index contributed by atoms with van der Waals surface area (Å²) in [5, 5.41) is 13.3. The lowest BCUT2D eigenvalue weighted by Gasteiger charge is -2.19. The summed E-state index contributed by atoms with van der Waals surface area (Å²) in [7, 11) is 0. The lowest BCUT2D eigenvalue weighted by Crippen LogP contribution is -2.45. The molecule has 0 unspecified atom stereocenters.